The van der Waals surface area contributed by atoms with Crippen molar-refractivity contribution >= 4 is 68.6 Å². The number of thioether (sulfide) groups is 2. The maximum Gasteiger partial charge on any atom is 0.266 e. The largest absolute Gasteiger partial charge is 0.385 e. The van der Waals surface area contributed by atoms with Crippen molar-refractivity contribution in [3.05, 3.63) is 45.1 Å². The number of hydrogen-bond donors (Lipinski definition) is 0. The zero-order valence-electron chi connectivity index (χ0n) is 18.3. The molecule has 1 amide bonds. The first-order chi connectivity index (χ1) is 15.6. The predicted octanol–water partition coefficient (Wildman–Crippen LogP) is 3.81. The number of anilines is 1. The third-order valence-electron chi connectivity index (χ3n) is 5.70. The molecule has 0 atom stereocenters. The van der Waals surface area contributed by atoms with Crippen molar-refractivity contribution in [2.24, 2.45) is 0 Å². The van der Waals surface area contributed by atoms with Gasteiger partial charge in [-0.2, -0.15) is 11.8 Å². The van der Waals surface area contributed by atoms with Crippen molar-refractivity contribution < 1.29 is 9.53 Å². The topological polar surface area (TPSA) is 54.8 Å². The Morgan fingerprint density at radius 1 is 1.19 bits per heavy atom. The molecule has 0 bridgehead atoms. The molecule has 0 unspecified atom stereocenters. The molecule has 2 aliphatic rings. The summed E-state index contributed by atoms with van der Waals surface area (Å²) in [5, 5.41) is 1.04. The van der Waals surface area contributed by atoms with Crippen molar-refractivity contribution in [3.8, 4) is 0 Å². The van der Waals surface area contributed by atoms with Gasteiger partial charge < -0.3 is 14.2 Å². The molecule has 32 heavy (non-hydrogen) atoms. The summed E-state index contributed by atoms with van der Waals surface area (Å²) in [7, 11) is 1.64. The summed E-state index contributed by atoms with van der Waals surface area (Å²) >= 11 is 8.67. The molecule has 6 nitrogen and oxygen atoms in total. The van der Waals surface area contributed by atoms with Gasteiger partial charge in [-0.3, -0.25) is 14.5 Å². The Bertz CT molecular complexity index is 1120. The fourth-order valence-electron chi connectivity index (χ4n) is 4.17. The van der Waals surface area contributed by atoms with E-state index in [0.29, 0.717) is 40.9 Å². The lowest BCUT2D eigenvalue weighted by Crippen LogP contribution is -2.36. The minimum atomic E-state index is -0.133. The number of rotatable bonds is 7. The summed E-state index contributed by atoms with van der Waals surface area (Å²) in [5.74, 6) is 1.91. The highest BCUT2D eigenvalue weighted by atomic mass is 32.2. The van der Waals surface area contributed by atoms with Gasteiger partial charge in [-0.1, -0.05) is 42.2 Å². The number of methoxy groups -OCH3 is 1. The first-order valence-electron chi connectivity index (χ1n) is 10.8. The van der Waals surface area contributed by atoms with Crippen molar-refractivity contribution in [3.63, 3.8) is 0 Å². The third kappa shape index (κ3) is 4.48. The Morgan fingerprint density at radius 3 is 2.66 bits per heavy atom. The number of thiocarbonyl (C=S) groups is 1. The normalized spacial score (nSPS) is 18.4. The van der Waals surface area contributed by atoms with Gasteiger partial charge in [0.25, 0.3) is 11.5 Å². The van der Waals surface area contributed by atoms with E-state index in [1.807, 2.05) is 36.9 Å². The highest BCUT2D eigenvalue weighted by Crippen LogP contribution is 2.36. The quantitative estimate of drug-likeness (QED) is 0.333. The Balaban J connectivity index is 1.85. The molecule has 9 heteroatoms. The van der Waals surface area contributed by atoms with E-state index in [-0.39, 0.29) is 11.5 Å². The third-order valence-corrected chi connectivity index (χ3v) is 8.02. The molecule has 1 aromatic carbocycles. The zero-order chi connectivity index (χ0) is 22.7. The average molecular weight is 490 g/mol. The molecule has 0 saturated carbocycles. The molecular weight excluding hydrogens is 462 g/mol. The molecule has 0 spiro atoms. The van der Waals surface area contributed by atoms with Crippen LogP contribution < -0.4 is 10.5 Å². The van der Waals surface area contributed by atoms with Crippen molar-refractivity contribution in [1.82, 2.24) is 9.47 Å². The number of aromatic nitrogens is 1. The zero-order valence-corrected chi connectivity index (χ0v) is 20.8. The van der Waals surface area contributed by atoms with Crippen LogP contribution in [0.2, 0.25) is 0 Å². The average Bonchev–Trinajstić information content (AvgIpc) is 3.08. The van der Waals surface area contributed by atoms with E-state index in [1.54, 1.807) is 22.7 Å². The molecule has 4 rings (SSSR count). The van der Waals surface area contributed by atoms with Crippen LogP contribution in [0.5, 0.6) is 0 Å². The van der Waals surface area contributed by atoms with Crippen molar-refractivity contribution in [2.75, 3.05) is 49.8 Å². The molecule has 2 aromatic rings. The number of carbonyl (C=O) groups excluding carboxylic acids is 1. The van der Waals surface area contributed by atoms with Gasteiger partial charge in [-0.25, -0.2) is 0 Å². The number of ether oxygens (including phenoxy) is 1. The van der Waals surface area contributed by atoms with Crippen LogP contribution in [0.15, 0.2) is 34.0 Å². The molecule has 170 valence electrons. The van der Waals surface area contributed by atoms with Crippen molar-refractivity contribution in [1.29, 1.82) is 0 Å². The standard InChI is InChI=1S/C23H27N3O3S3/c1-3-25-18-8-5-4-7-16(18)20(24-10-13-31-14-11-24)17(21(25)27)15-19-22(28)26(23(30)32-19)9-6-12-29-2/h4-5,7-8,15H,3,6,9-14H2,1-2H3. The fraction of sp³-hybridized carbons (Fsp3) is 0.435. The maximum atomic E-state index is 13.6. The highest BCUT2D eigenvalue weighted by Gasteiger charge is 2.32. The van der Waals surface area contributed by atoms with Gasteiger partial charge in [0, 0.05) is 56.8 Å². The van der Waals surface area contributed by atoms with E-state index < -0.39 is 0 Å². The Kier molecular flexibility index (Phi) is 7.60. The van der Waals surface area contributed by atoms with E-state index in [1.165, 1.54) is 11.8 Å². The summed E-state index contributed by atoms with van der Waals surface area (Å²) < 4.78 is 7.43. The lowest BCUT2D eigenvalue weighted by Gasteiger charge is -2.31. The van der Waals surface area contributed by atoms with Gasteiger partial charge in [0.2, 0.25) is 0 Å². The number of carbonyl (C=O) groups is 1. The molecule has 0 aliphatic carbocycles. The number of fused-ring (bicyclic) bond motifs is 1. The Labute approximate surface area is 202 Å². The van der Waals surface area contributed by atoms with Gasteiger partial charge in [0.1, 0.15) is 4.32 Å². The van der Waals surface area contributed by atoms with E-state index >= 15 is 0 Å². The molecule has 1 aromatic heterocycles. The van der Waals surface area contributed by atoms with Crippen LogP contribution in [-0.4, -0.2) is 64.6 Å². The summed E-state index contributed by atoms with van der Waals surface area (Å²) in [6.07, 6.45) is 2.49. The van der Waals surface area contributed by atoms with Crippen LogP contribution >= 0.6 is 35.7 Å². The number of amides is 1. The second-order valence-corrected chi connectivity index (χ2v) is 10.5. The second kappa shape index (κ2) is 10.4. The number of hydrogen-bond acceptors (Lipinski definition) is 7. The minimum absolute atomic E-state index is 0.0657. The monoisotopic (exact) mass is 489 g/mol. The molecule has 0 N–H and O–H groups in total. The van der Waals surface area contributed by atoms with Crippen LogP contribution in [0.25, 0.3) is 17.0 Å². The number of aryl methyl sites for hydroxylation is 1. The van der Waals surface area contributed by atoms with Crippen LogP contribution in [0, 0.1) is 0 Å². The lowest BCUT2D eigenvalue weighted by molar-refractivity contribution is -0.122. The molecule has 2 saturated heterocycles. The van der Waals surface area contributed by atoms with Gasteiger partial charge in [0.15, 0.2) is 0 Å². The molecule has 0 radical (unpaired) electrons. The first kappa shape index (κ1) is 23.4. The number of benzene rings is 1. The number of pyridine rings is 1. The van der Waals surface area contributed by atoms with Crippen LogP contribution in [0.1, 0.15) is 18.9 Å². The van der Waals surface area contributed by atoms with Gasteiger partial charge in [0.05, 0.1) is 21.7 Å². The van der Waals surface area contributed by atoms with Gasteiger partial charge >= 0.3 is 0 Å². The smallest absolute Gasteiger partial charge is 0.266 e. The van der Waals surface area contributed by atoms with Crippen LogP contribution in [0.3, 0.4) is 0 Å². The van der Waals surface area contributed by atoms with Crippen LogP contribution in [-0.2, 0) is 16.1 Å². The summed E-state index contributed by atoms with van der Waals surface area (Å²) in [4.78, 5) is 31.2. The van der Waals surface area contributed by atoms with Gasteiger partial charge in [-0.05, 0) is 25.5 Å². The van der Waals surface area contributed by atoms with E-state index in [0.717, 1.165) is 41.2 Å². The lowest BCUT2D eigenvalue weighted by atomic mass is 10.1. The first-order valence-corrected chi connectivity index (χ1v) is 13.2. The van der Waals surface area contributed by atoms with E-state index in [9.17, 15) is 9.59 Å². The molecule has 2 fully saturated rings. The maximum absolute atomic E-state index is 13.6. The molecule has 3 heterocycles. The highest BCUT2D eigenvalue weighted by molar-refractivity contribution is 8.26. The fourth-order valence-corrected chi connectivity index (χ4v) is 6.37. The van der Waals surface area contributed by atoms with Gasteiger partial charge in [-0.15, -0.1) is 0 Å². The molecule has 2 aliphatic heterocycles. The number of para-hydroxylation sites is 1. The summed E-state index contributed by atoms with van der Waals surface area (Å²) in [5.41, 5.74) is 2.37. The Hall–Kier alpha value is -1.81. The predicted molar refractivity (Wildman–Crippen MR) is 140 cm³/mol. The van der Waals surface area contributed by atoms with Crippen molar-refractivity contribution in [2.45, 2.75) is 19.9 Å². The van der Waals surface area contributed by atoms with Crippen LogP contribution in [0.4, 0.5) is 5.69 Å². The second-order valence-electron chi connectivity index (χ2n) is 7.61. The summed E-state index contributed by atoms with van der Waals surface area (Å²) in [6.45, 7) is 5.38. The molecular formula is C23H27N3O3S3. The van der Waals surface area contributed by atoms with E-state index in [2.05, 4.69) is 11.0 Å². The SMILES string of the molecule is CCn1c(=O)c(C=C2SC(=S)N(CCCOC)C2=O)c(N2CCSCC2)c2ccccc21. The summed E-state index contributed by atoms with van der Waals surface area (Å²) in [6, 6.07) is 8.05. The number of nitrogens with zero attached hydrogens (tertiary/aromatic N) is 3. The Morgan fingerprint density at radius 2 is 1.94 bits per heavy atom. The minimum Gasteiger partial charge on any atom is -0.385 e. The van der Waals surface area contributed by atoms with E-state index in [4.69, 9.17) is 17.0 Å².